The van der Waals surface area contributed by atoms with Gasteiger partial charge in [0.05, 0.1) is 34.6 Å². The number of amides is 1. The predicted octanol–water partition coefficient (Wildman–Crippen LogP) is 5.47. The van der Waals surface area contributed by atoms with Gasteiger partial charge in [0, 0.05) is 30.1 Å². The zero-order valence-electron chi connectivity index (χ0n) is 20.2. The van der Waals surface area contributed by atoms with Gasteiger partial charge < -0.3 is 10.2 Å². The minimum atomic E-state index is -0.455. The topological polar surface area (TPSA) is 67.5 Å². The number of carbonyl (C=O) groups excluding carboxylic acids is 1. The van der Waals surface area contributed by atoms with E-state index in [0.717, 1.165) is 23.9 Å². The van der Waals surface area contributed by atoms with Gasteiger partial charge in [-0.1, -0.05) is 0 Å². The first-order valence-electron chi connectivity index (χ1n) is 11.7. The second-order valence-electron chi connectivity index (χ2n) is 10.00. The summed E-state index contributed by atoms with van der Waals surface area (Å²) in [6.45, 7) is 8.64. The molecule has 182 valence electrons. The highest BCUT2D eigenvalue weighted by atomic mass is 19.1. The zero-order chi connectivity index (χ0) is 24.9. The summed E-state index contributed by atoms with van der Waals surface area (Å²) in [7, 11) is 0. The van der Waals surface area contributed by atoms with E-state index in [-0.39, 0.29) is 17.5 Å². The summed E-state index contributed by atoms with van der Waals surface area (Å²) >= 11 is 0. The Labute approximate surface area is 202 Å². The Morgan fingerprint density at radius 3 is 2.71 bits per heavy atom. The Morgan fingerprint density at radius 1 is 1.14 bits per heavy atom. The van der Waals surface area contributed by atoms with E-state index in [4.69, 9.17) is 0 Å². The number of nitrogens with zero attached hydrogens (tertiary/aromatic N) is 5. The highest BCUT2D eigenvalue weighted by Crippen LogP contribution is 2.38. The van der Waals surface area contributed by atoms with Crippen LogP contribution in [0.4, 0.5) is 20.3 Å². The van der Waals surface area contributed by atoms with Crippen LogP contribution in [0.25, 0.3) is 5.52 Å². The van der Waals surface area contributed by atoms with Crippen LogP contribution in [-0.4, -0.2) is 31.8 Å². The Morgan fingerprint density at radius 2 is 1.94 bits per heavy atom. The maximum atomic E-state index is 14.5. The average Bonchev–Trinajstić information content (AvgIpc) is 3.52. The quantitative estimate of drug-likeness (QED) is 0.423. The first-order chi connectivity index (χ1) is 16.6. The van der Waals surface area contributed by atoms with Crippen LogP contribution in [0, 0.1) is 18.6 Å². The van der Waals surface area contributed by atoms with E-state index in [1.54, 1.807) is 15.4 Å². The number of hydrogen-bond donors (Lipinski definition) is 1. The number of halogens is 2. The summed E-state index contributed by atoms with van der Waals surface area (Å²) in [6.07, 6.45) is 4.89. The fourth-order valence-electron chi connectivity index (χ4n) is 4.78. The van der Waals surface area contributed by atoms with Crippen LogP contribution in [0.2, 0.25) is 0 Å². The van der Waals surface area contributed by atoms with Crippen molar-refractivity contribution in [3.8, 4) is 0 Å². The van der Waals surface area contributed by atoms with E-state index in [2.05, 4.69) is 20.4 Å². The van der Waals surface area contributed by atoms with Crippen molar-refractivity contribution in [3.05, 3.63) is 77.2 Å². The second-order valence-corrected chi connectivity index (χ2v) is 10.00. The van der Waals surface area contributed by atoms with Crippen molar-refractivity contribution < 1.29 is 13.6 Å². The van der Waals surface area contributed by atoms with Crippen LogP contribution >= 0.6 is 0 Å². The van der Waals surface area contributed by atoms with Crippen LogP contribution in [0.15, 0.2) is 48.8 Å². The third kappa shape index (κ3) is 4.26. The van der Waals surface area contributed by atoms with Gasteiger partial charge in [-0.3, -0.25) is 4.79 Å². The van der Waals surface area contributed by atoms with Crippen molar-refractivity contribution in [1.29, 1.82) is 0 Å². The summed E-state index contributed by atoms with van der Waals surface area (Å²) in [4.78, 5) is 15.3. The van der Waals surface area contributed by atoms with E-state index in [1.165, 1.54) is 18.3 Å². The van der Waals surface area contributed by atoms with Gasteiger partial charge in [-0.25, -0.2) is 18.0 Å². The third-order valence-electron chi connectivity index (χ3n) is 6.36. The van der Waals surface area contributed by atoms with Gasteiger partial charge in [-0.05, 0) is 70.9 Å². The van der Waals surface area contributed by atoms with Crippen molar-refractivity contribution in [1.82, 2.24) is 19.4 Å². The number of pyridine rings is 1. The van der Waals surface area contributed by atoms with Crippen LogP contribution in [0.3, 0.4) is 0 Å². The molecule has 1 atom stereocenters. The molecule has 4 heterocycles. The first-order valence-corrected chi connectivity index (χ1v) is 11.7. The highest BCUT2D eigenvalue weighted by Gasteiger charge is 2.29. The van der Waals surface area contributed by atoms with E-state index >= 15 is 0 Å². The fraction of sp³-hybridized carbons (Fsp3) is 0.346. The molecule has 1 aromatic carbocycles. The molecule has 1 amide bonds. The maximum absolute atomic E-state index is 14.5. The Bertz CT molecular complexity index is 1420. The molecular formula is C26H28F2N6O. The lowest BCUT2D eigenvalue weighted by Crippen LogP contribution is -2.26. The molecule has 0 saturated carbocycles. The molecule has 9 heteroatoms. The Hall–Kier alpha value is -3.75. The number of carbonyl (C=O) groups is 1. The molecule has 0 radical (unpaired) electrons. The Kier molecular flexibility index (Phi) is 5.57. The van der Waals surface area contributed by atoms with Gasteiger partial charge >= 0.3 is 0 Å². The smallest absolute Gasteiger partial charge is 0.260 e. The molecule has 7 nitrogen and oxygen atoms in total. The lowest BCUT2D eigenvalue weighted by atomic mass is 10.0. The minimum absolute atomic E-state index is 0.280. The molecule has 1 aliphatic heterocycles. The summed E-state index contributed by atoms with van der Waals surface area (Å²) in [5, 5.41) is 11.8. The van der Waals surface area contributed by atoms with Crippen molar-refractivity contribution in [3.63, 3.8) is 0 Å². The molecule has 0 aliphatic carbocycles. The largest absolute Gasteiger partial charge is 0.364 e. The van der Waals surface area contributed by atoms with Crippen molar-refractivity contribution >= 4 is 22.9 Å². The molecule has 3 aromatic heterocycles. The molecular weight excluding hydrogens is 450 g/mol. The van der Waals surface area contributed by atoms with Gasteiger partial charge in [0.25, 0.3) is 5.91 Å². The molecule has 5 rings (SSSR count). The predicted molar refractivity (Wildman–Crippen MR) is 131 cm³/mol. The maximum Gasteiger partial charge on any atom is 0.260 e. The summed E-state index contributed by atoms with van der Waals surface area (Å²) in [6, 6.07) is 8.90. The van der Waals surface area contributed by atoms with E-state index in [0.29, 0.717) is 35.4 Å². The SMILES string of the molecule is Cc1cc(NC(=O)c2cnn3ccc(N4CCCC4c4cc(F)ccc4F)cc23)n(C(C)(C)C)n1. The molecule has 1 saturated heterocycles. The third-order valence-corrected chi connectivity index (χ3v) is 6.36. The van der Waals surface area contributed by atoms with Crippen molar-refractivity contribution in [2.24, 2.45) is 0 Å². The minimum Gasteiger partial charge on any atom is -0.364 e. The number of fused-ring (bicyclic) bond motifs is 1. The van der Waals surface area contributed by atoms with Crippen molar-refractivity contribution in [2.45, 2.75) is 52.1 Å². The number of aromatic nitrogens is 4. The molecule has 4 aromatic rings. The van der Waals surface area contributed by atoms with E-state index in [9.17, 15) is 13.6 Å². The van der Waals surface area contributed by atoms with E-state index in [1.807, 2.05) is 45.9 Å². The molecule has 1 aliphatic rings. The molecule has 0 spiro atoms. The fourth-order valence-corrected chi connectivity index (χ4v) is 4.78. The first kappa shape index (κ1) is 23.0. The highest BCUT2D eigenvalue weighted by molar-refractivity contribution is 6.08. The standard InChI is InChI=1S/C26H28F2N6O/c1-16-12-24(34(31-16)26(2,3)4)30-25(35)20-15-29-33-11-9-18(14-23(20)33)32-10-5-6-22(32)19-13-17(27)7-8-21(19)28/h7-9,11-15,22H,5-6,10H2,1-4H3,(H,30,35). The van der Waals surface area contributed by atoms with Gasteiger partial charge in [0.1, 0.15) is 17.5 Å². The summed E-state index contributed by atoms with van der Waals surface area (Å²) < 4.78 is 31.8. The lowest BCUT2D eigenvalue weighted by Gasteiger charge is -2.27. The average molecular weight is 479 g/mol. The number of hydrogen-bond acceptors (Lipinski definition) is 4. The molecule has 1 N–H and O–H groups in total. The molecule has 1 unspecified atom stereocenters. The normalized spacial score (nSPS) is 16.3. The van der Waals surface area contributed by atoms with E-state index < -0.39 is 11.6 Å². The number of rotatable bonds is 4. The van der Waals surface area contributed by atoms with Crippen LogP contribution in [0.1, 0.15) is 61.3 Å². The van der Waals surface area contributed by atoms with Crippen molar-refractivity contribution in [2.75, 3.05) is 16.8 Å². The lowest BCUT2D eigenvalue weighted by molar-refractivity contribution is 0.102. The molecule has 35 heavy (non-hydrogen) atoms. The van der Waals surface area contributed by atoms with Gasteiger partial charge in [-0.2, -0.15) is 10.2 Å². The number of anilines is 2. The molecule has 0 bridgehead atoms. The number of benzene rings is 1. The molecule has 1 fully saturated rings. The van der Waals surface area contributed by atoms with Gasteiger partial charge in [0.15, 0.2) is 0 Å². The summed E-state index contributed by atoms with van der Waals surface area (Å²) in [5.74, 6) is -0.559. The van der Waals surface area contributed by atoms with Crippen LogP contribution in [-0.2, 0) is 5.54 Å². The second kappa shape index (κ2) is 8.48. The van der Waals surface area contributed by atoms with Crippen LogP contribution < -0.4 is 10.2 Å². The number of aryl methyl sites for hydroxylation is 1. The van der Waals surface area contributed by atoms with Gasteiger partial charge in [-0.15, -0.1) is 0 Å². The van der Waals surface area contributed by atoms with Gasteiger partial charge in [0.2, 0.25) is 0 Å². The van der Waals surface area contributed by atoms with Crippen LogP contribution in [0.5, 0.6) is 0 Å². The zero-order valence-corrected chi connectivity index (χ0v) is 20.2. The monoisotopic (exact) mass is 478 g/mol. The Balaban J connectivity index is 1.48. The number of nitrogens with one attached hydrogen (secondary N) is 1. The summed E-state index contributed by atoms with van der Waals surface area (Å²) in [5.41, 5.74) is 2.72.